The van der Waals surface area contributed by atoms with Crippen molar-refractivity contribution in [3.8, 4) is 0 Å². The van der Waals surface area contributed by atoms with Crippen molar-refractivity contribution in [2.75, 3.05) is 32.8 Å². The number of aliphatic imine (C=N–C) groups is 1. The number of halogens is 1. The number of nitrogens with one attached hydrogen (secondary N) is 3. The van der Waals surface area contributed by atoms with Crippen LogP contribution in [-0.4, -0.2) is 50.8 Å². The van der Waals surface area contributed by atoms with Crippen LogP contribution in [0, 0.1) is 0 Å². The molecule has 1 aliphatic carbocycles. The van der Waals surface area contributed by atoms with Gasteiger partial charge in [-0.1, -0.05) is 19.3 Å². The van der Waals surface area contributed by atoms with Gasteiger partial charge in [-0.25, -0.2) is 0 Å². The van der Waals surface area contributed by atoms with Crippen molar-refractivity contribution >= 4 is 35.8 Å². The van der Waals surface area contributed by atoms with E-state index in [-0.39, 0.29) is 29.9 Å². The highest BCUT2D eigenvalue weighted by molar-refractivity contribution is 14.0. The summed E-state index contributed by atoms with van der Waals surface area (Å²) < 4.78 is 5.30. The average molecular weight is 454 g/mol. The van der Waals surface area contributed by atoms with Gasteiger partial charge in [0.2, 0.25) is 5.91 Å². The van der Waals surface area contributed by atoms with Gasteiger partial charge in [-0.3, -0.25) is 9.79 Å². The zero-order valence-electron chi connectivity index (χ0n) is 15.2. The third-order valence-electron chi connectivity index (χ3n) is 3.88. The highest BCUT2D eigenvalue weighted by Gasteiger charge is 2.15. The lowest BCUT2D eigenvalue weighted by atomic mass is 9.95. The maximum Gasteiger partial charge on any atom is 0.221 e. The Morgan fingerprint density at radius 3 is 2.58 bits per heavy atom. The topological polar surface area (TPSA) is 74.8 Å². The van der Waals surface area contributed by atoms with Crippen molar-refractivity contribution in [2.24, 2.45) is 4.99 Å². The van der Waals surface area contributed by atoms with E-state index in [0.717, 1.165) is 51.5 Å². The molecule has 1 amide bonds. The molecular weight excluding hydrogens is 419 g/mol. The molecular formula is C17H35IN4O2. The summed E-state index contributed by atoms with van der Waals surface area (Å²) >= 11 is 0. The van der Waals surface area contributed by atoms with E-state index in [9.17, 15) is 4.79 Å². The van der Waals surface area contributed by atoms with Crippen LogP contribution in [0.3, 0.4) is 0 Å². The number of hydrogen-bond donors (Lipinski definition) is 3. The first-order chi connectivity index (χ1) is 11.3. The highest BCUT2D eigenvalue weighted by Crippen LogP contribution is 2.17. The number of nitrogens with zero attached hydrogens (tertiary/aromatic N) is 1. The van der Waals surface area contributed by atoms with Gasteiger partial charge in [0, 0.05) is 45.3 Å². The minimum atomic E-state index is 0. The number of carbonyl (C=O) groups excluding carboxylic acids is 1. The van der Waals surface area contributed by atoms with Crippen molar-refractivity contribution in [1.29, 1.82) is 0 Å². The molecule has 1 aliphatic rings. The van der Waals surface area contributed by atoms with Crippen LogP contribution in [0.5, 0.6) is 0 Å². The SMILES string of the molecule is CCNC(=NCCCOCC)NCCC(=O)NC1CCCCC1.I. The first-order valence-corrected chi connectivity index (χ1v) is 9.15. The Labute approximate surface area is 164 Å². The van der Waals surface area contributed by atoms with Gasteiger partial charge in [-0.15, -0.1) is 24.0 Å². The van der Waals surface area contributed by atoms with Crippen LogP contribution in [-0.2, 0) is 9.53 Å². The van der Waals surface area contributed by atoms with Crippen molar-refractivity contribution in [2.45, 2.75) is 64.8 Å². The Bertz CT molecular complexity index is 347. The molecule has 0 radical (unpaired) electrons. The molecule has 1 saturated carbocycles. The molecule has 0 atom stereocenters. The zero-order valence-corrected chi connectivity index (χ0v) is 17.6. The van der Waals surface area contributed by atoms with E-state index >= 15 is 0 Å². The number of carbonyl (C=O) groups is 1. The second-order valence-corrected chi connectivity index (χ2v) is 5.89. The van der Waals surface area contributed by atoms with Crippen LogP contribution in [0.4, 0.5) is 0 Å². The Morgan fingerprint density at radius 1 is 1.17 bits per heavy atom. The number of ether oxygens (including phenoxy) is 1. The molecule has 0 aromatic rings. The van der Waals surface area contributed by atoms with E-state index in [2.05, 4.69) is 20.9 Å². The fourth-order valence-electron chi connectivity index (χ4n) is 2.68. The molecule has 0 unspecified atom stereocenters. The summed E-state index contributed by atoms with van der Waals surface area (Å²) in [6, 6.07) is 0.386. The van der Waals surface area contributed by atoms with Crippen molar-refractivity contribution in [1.82, 2.24) is 16.0 Å². The van der Waals surface area contributed by atoms with Crippen LogP contribution in [0.25, 0.3) is 0 Å². The lowest BCUT2D eigenvalue weighted by molar-refractivity contribution is -0.121. The number of guanidine groups is 1. The molecule has 7 heteroatoms. The number of hydrogen-bond acceptors (Lipinski definition) is 3. The number of amides is 1. The second-order valence-electron chi connectivity index (χ2n) is 5.89. The molecule has 0 heterocycles. The average Bonchev–Trinajstić information content (AvgIpc) is 2.55. The predicted molar refractivity (Wildman–Crippen MR) is 110 cm³/mol. The molecule has 1 fully saturated rings. The molecule has 1 rings (SSSR count). The Hall–Kier alpha value is -0.570. The summed E-state index contributed by atoms with van der Waals surface area (Å²) in [4.78, 5) is 16.4. The Morgan fingerprint density at radius 2 is 1.92 bits per heavy atom. The van der Waals surface area contributed by atoms with Crippen LogP contribution < -0.4 is 16.0 Å². The maximum atomic E-state index is 12.0. The van der Waals surface area contributed by atoms with Crippen LogP contribution >= 0.6 is 24.0 Å². The van der Waals surface area contributed by atoms with E-state index in [4.69, 9.17) is 4.74 Å². The second kappa shape index (κ2) is 15.9. The summed E-state index contributed by atoms with van der Waals surface area (Å²) in [5.41, 5.74) is 0. The number of rotatable bonds is 10. The lowest BCUT2D eigenvalue weighted by Gasteiger charge is -2.22. The zero-order chi connectivity index (χ0) is 16.8. The quantitative estimate of drug-likeness (QED) is 0.205. The van der Waals surface area contributed by atoms with Gasteiger partial charge in [-0.2, -0.15) is 0 Å². The largest absolute Gasteiger partial charge is 0.382 e. The minimum absolute atomic E-state index is 0. The molecule has 0 bridgehead atoms. The monoisotopic (exact) mass is 454 g/mol. The van der Waals surface area contributed by atoms with E-state index in [1.165, 1.54) is 19.3 Å². The summed E-state index contributed by atoms with van der Waals surface area (Å²) in [5, 5.41) is 9.55. The van der Waals surface area contributed by atoms with Crippen LogP contribution in [0.15, 0.2) is 4.99 Å². The normalized spacial score (nSPS) is 15.5. The third-order valence-corrected chi connectivity index (χ3v) is 3.88. The van der Waals surface area contributed by atoms with E-state index < -0.39 is 0 Å². The van der Waals surface area contributed by atoms with Crippen molar-refractivity contribution < 1.29 is 9.53 Å². The van der Waals surface area contributed by atoms with Gasteiger partial charge in [0.1, 0.15) is 0 Å². The van der Waals surface area contributed by atoms with Gasteiger partial charge in [0.25, 0.3) is 0 Å². The van der Waals surface area contributed by atoms with Crippen LogP contribution in [0.1, 0.15) is 58.8 Å². The van der Waals surface area contributed by atoms with Crippen molar-refractivity contribution in [3.63, 3.8) is 0 Å². The van der Waals surface area contributed by atoms with Crippen molar-refractivity contribution in [3.05, 3.63) is 0 Å². The molecule has 0 saturated heterocycles. The lowest BCUT2D eigenvalue weighted by Crippen LogP contribution is -2.41. The third kappa shape index (κ3) is 11.9. The van der Waals surface area contributed by atoms with Gasteiger partial charge in [-0.05, 0) is 33.1 Å². The first-order valence-electron chi connectivity index (χ1n) is 9.15. The molecule has 142 valence electrons. The summed E-state index contributed by atoms with van der Waals surface area (Å²) in [6.45, 7) is 7.66. The maximum absolute atomic E-state index is 12.0. The van der Waals surface area contributed by atoms with Gasteiger partial charge in [0.05, 0.1) is 0 Å². The van der Waals surface area contributed by atoms with Gasteiger partial charge >= 0.3 is 0 Å². The fraction of sp³-hybridized carbons (Fsp3) is 0.882. The van der Waals surface area contributed by atoms with Gasteiger partial charge in [0.15, 0.2) is 5.96 Å². The smallest absolute Gasteiger partial charge is 0.221 e. The molecule has 3 N–H and O–H groups in total. The molecule has 6 nitrogen and oxygen atoms in total. The van der Waals surface area contributed by atoms with Crippen LogP contribution in [0.2, 0.25) is 0 Å². The Balaban J connectivity index is 0.00000529. The molecule has 0 spiro atoms. The van der Waals surface area contributed by atoms with E-state index in [0.29, 0.717) is 19.0 Å². The highest BCUT2D eigenvalue weighted by atomic mass is 127. The Kier molecular flexibility index (Phi) is 15.6. The van der Waals surface area contributed by atoms with E-state index in [1.54, 1.807) is 0 Å². The molecule has 0 aromatic heterocycles. The van der Waals surface area contributed by atoms with Gasteiger partial charge < -0.3 is 20.7 Å². The predicted octanol–water partition coefficient (Wildman–Crippen LogP) is 2.43. The summed E-state index contributed by atoms with van der Waals surface area (Å²) in [6.07, 6.45) is 7.43. The fourth-order valence-corrected chi connectivity index (χ4v) is 2.68. The summed E-state index contributed by atoms with van der Waals surface area (Å²) in [7, 11) is 0. The molecule has 24 heavy (non-hydrogen) atoms. The molecule has 0 aromatic carbocycles. The summed E-state index contributed by atoms with van der Waals surface area (Å²) in [5.74, 6) is 0.908. The van der Waals surface area contributed by atoms with E-state index in [1.807, 2.05) is 13.8 Å². The molecule has 0 aliphatic heterocycles. The first kappa shape index (κ1) is 23.4. The minimum Gasteiger partial charge on any atom is -0.382 e. The standard InChI is InChI=1S/C17H34N4O2.HI/c1-3-18-17(19-12-8-14-23-4-2)20-13-11-16(22)21-15-9-6-5-7-10-15;/h15H,3-14H2,1-2H3,(H,21,22)(H2,18,19,20);1H.